The molecular weight excluding hydrogens is 306 g/mol. The molecule has 0 aliphatic rings. The zero-order valence-electron chi connectivity index (χ0n) is 12.1. The molecule has 0 fully saturated rings. The van der Waals surface area contributed by atoms with Crippen molar-refractivity contribution in [2.45, 2.75) is 20.0 Å². The highest BCUT2D eigenvalue weighted by molar-refractivity contribution is 7.86. The van der Waals surface area contributed by atoms with Crippen molar-refractivity contribution in [1.29, 1.82) is 0 Å². The second kappa shape index (κ2) is 7.13. The van der Waals surface area contributed by atoms with Gasteiger partial charge in [0.2, 0.25) is 0 Å². The van der Waals surface area contributed by atoms with Gasteiger partial charge in [-0.05, 0) is 5.56 Å². The summed E-state index contributed by atoms with van der Waals surface area (Å²) in [4.78, 5) is 4.13. The van der Waals surface area contributed by atoms with E-state index in [0.717, 1.165) is 10.6 Å². The summed E-state index contributed by atoms with van der Waals surface area (Å²) in [5, 5.41) is 2.63. The first kappa shape index (κ1) is 16.1. The van der Waals surface area contributed by atoms with E-state index in [2.05, 4.69) is 4.98 Å². The van der Waals surface area contributed by atoms with E-state index >= 15 is 0 Å². The van der Waals surface area contributed by atoms with Gasteiger partial charge in [0, 0.05) is 31.7 Å². The predicted octanol–water partition coefficient (Wildman–Crippen LogP) is 2.34. The molecular formula is C14H19N3O2S2. The van der Waals surface area contributed by atoms with Gasteiger partial charge in [0.05, 0.1) is 6.54 Å². The molecule has 0 N–H and O–H groups in total. The Morgan fingerprint density at radius 3 is 2.48 bits per heavy atom. The van der Waals surface area contributed by atoms with Crippen molar-refractivity contribution in [2.24, 2.45) is 0 Å². The number of hydrogen-bond acceptors (Lipinski definition) is 4. The number of nitrogens with zero attached hydrogens (tertiary/aromatic N) is 3. The lowest BCUT2D eigenvalue weighted by molar-refractivity contribution is 0.361. The molecule has 0 bridgehead atoms. The van der Waals surface area contributed by atoms with Gasteiger partial charge in [-0.3, -0.25) is 0 Å². The van der Waals surface area contributed by atoms with Crippen LogP contribution in [0.15, 0.2) is 41.9 Å². The highest BCUT2D eigenvalue weighted by Gasteiger charge is 2.26. The Bertz CT molecular complexity index is 642. The van der Waals surface area contributed by atoms with E-state index in [1.807, 2.05) is 42.6 Å². The minimum absolute atomic E-state index is 0.297. The number of thiazole rings is 1. The smallest absolute Gasteiger partial charge is 0.248 e. The van der Waals surface area contributed by atoms with Gasteiger partial charge in [0.15, 0.2) is 0 Å². The third-order valence-electron chi connectivity index (χ3n) is 3.12. The third kappa shape index (κ3) is 4.10. The lowest BCUT2D eigenvalue weighted by Gasteiger charge is -2.26. The molecule has 114 valence electrons. The Kier molecular flexibility index (Phi) is 5.46. The van der Waals surface area contributed by atoms with E-state index in [0.29, 0.717) is 19.6 Å². The summed E-state index contributed by atoms with van der Waals surface area (Å²) < 4.78 is 28.1. The van der Waals surface area contributed by atoms with Crippen LogP contribution >= 0.6 is 11.3 Å². The Morgan fingerprint density at radius 1 is 1.19 bits per heavy atom. The van der Waals surface area contributed by atoms with Crippen LogP contribution < -0.4 is 0 Å². The lowest BCUT2D eigenvalue weighted by atomic mass is 10.2. The molecule has 1 aromatic heterocycles. The van der Waals surface area contributed by atoms with Crippen molar-refractivity contribution in [3.8, 4) is 0 Å². The van der Waals surface area contributed by atoms with Crippen molar-refractivity contribution < 1.29 is 8.42 Å². The SMILES string of the molecule is CCN(Cc1ccccc1)S(=O)(=O)N(C)Cc1nccs1. The number of hydrogen-bond donors (Lipinski definition) is 0. The molecule has 21 heavy (non-hydrogen) atoms. The number of aromatic nitrogens is 1. The summed E-state index contributed by atoms with van der Waals surface area (Å²) in [6.07, 6.45) is 1.68. The van der Waals surface area contributed by atoms with Crippen LogP contribution in [0.1, 0.15) is 17.5 Å². The Balaban J connectivity index is 2.11. The van der Waals surface area contributed by atoms with Gasteiger partial charge in [-0.1, -0.05) is 37.3 Å². The average molecular weight is 325 g/mol. The molecule has 0 atom stereocenters. The maximum absolute atomic E-state index is 12.6. The van der Waals surface area contributed by atoms with E-state index in [1.165, 1.54) is 19.9 Å². The molecule has 2 rings (SSSR count). The first-order valence-electron chi connectivity index (χ1n) is 6.67. The highest BCUT2D eigenvalue weighted by Crippen LogP contribution is 2.15. The van der Waals surface area contributed by atoms with Crippen LogP contribution in [0.4, 0.5) is 0 Å². The molecule has 7 heteroatoms. The van der Waals surface area contributed by atoms with Gasteiger partial charge < -0.3 is 0 Å². The fourth-order valence-electron chi connectivity index (χ4n) is 1.94. The summed E-state index contributed by atoms with van der Waals surface area (Å²) in [7, 11) is -1.90. The lowest BCUT2D eigenvalue weighted by Crippen LogP contribution is -2.41. The molecule has 0 radical (unpaired) electrons. The van der Waals surface area contributed by atoms with Crippen molar-refractivity contribution in [3.63, 3.8) is 0 Å². The molecule has 0 aliphatic carbocycles. The van der Waals surface area contributed by atoms with Gasteiger partial charge in [-0.25, -0.2) is 4.98 Å². The zero-order valence-corrected chi connectivity index (χ0v) is 13.8. The average Bonchev–Trinajstić information content (AvgIpc) is 2.98. The highest BCUT2D eigenvalue weighted by atomic mass is 32.2. The maximum Gasteiger partial charge on any atom is 0.282 e. The van der Waals surface area contributed by atoms with Crippen LogP contribution in [0.3, 0.4) is 0 Å². The molecule has 0 amide bonds. The summed E-state index contributed by atoms with van der Waals surface area (Å²) in [5.41, 5.74) is 0.977. The topological polar surface area (TPSA) is 53.5 Å². The van der Waals surface area contributed by atoms with Gasteiger partial charge in [0.25, 0.3) is 10.2 Å². The van der Waals surface area contributed by atoms with Gasteiger partial charge in [-0.2, -0.15) is 17.0 Å². The van der Waals surface area contributed by atoms with Crippen LogP contribution in [0.25, 0.3) is 0 Å². The number of rotatable bonds is 7. The van der Waals surface area contributed by atoms with E-state index < -0.39 is 10.2 Å². The van der Waals surface area contributed by atoms with E-state index in [-0.39, 0.29) is 0 Å². The molecule has 0 aliphatic heterocycles. The van der Waals surface area contributed by atoms with Crippen LogP contribution in [-0.4, -0.2) is 35.6 Å². The summed E-state index contributed by atoms with van der Waals surface area (Å²) in [6.45, 7) is 2.95. The second-order valence-electron chi connectivity index (χ2n) is 4.60. The molecule has 0 saturated carbocycles. The molecule has 0 saturated heterocycles. The standard InChI is InChI=1S/C14H19N3O2S2/c1-3-17(11-13-7-5-4-6-8-13)21(18,19)16(2)12-14-15-9-10-20-14/h4-10H,3,11-12H2,1-2H3. The third-order valence-corrected chi connectivity index (χ3v) is 5.84. The molecule has 2 aromatic rings. The van der Waals surface area contributed by atoms with E-state index in [1.54, 1.807) is 13.2 Å². The maximum atomic E-state index is 12.6. The molecule has 0 unspecified atom stereocenters. The van der Waals surface area contributed by atoms with Crippen LogP contribution in [0, 0.1) is 0 Å². The van der Waals surface area contributed by atoms with Crippen molar-refractivity contribution >= 4 is 21.5 Å². The Hall–Kier alpha value is -1.28. The van der Waals surface area contributed by atoms with Crippen molar-refractivity contribution in [2.75, 3.05) is 13.6 Å². The number of benzene rings is 1. The molecule has 1 heterocycles. The largest absolute Gasteiger partial charge is 0.282 e. The van der Waals surface area contributed by atoms with Crippen LogP contribution in [-0.2, 0) is 23.3 Å². The minimum atomic E-state index is -3.49. The summed E-state index contributed by atoms with van der Waals surface area (Å²) in [5.74, 6) is 0. The normalized spacial score (nSPS) is 12.2. The Morgan fingerprint density at radius 2 is 1.90 bits per heavy atom. The monoisotopic (exact) mass is 325 g/mol. The predicted molar refractivity (Wildman–Crippen MR) is 85.0 cm³/mol. The molecule has 1 aromatic carbocycles. The van der Waals surface area contributed by atoms with Gasteiger partial charge >= 0.3 is 0 Å². The van der Waals surface area contributed by atoms with E-state index in [9.17, 15) is 8.42 Å². The molecule has 0 spiro atoms. The fourth-order valence-corrected chi connectivity index (χ4v) is 4.01. The summed E-state index contributed by atoms with van der Waals surface area (Å²) >= 11 is 1.45. The molecule has 5 nitrogen and oxygen atoms in total. The van der Waals surface area contributed by atoms with E-state index in [4.69, 9.17) is 0 Å². The first-order valence-corrected chi connectivity index (χ1v) is 8.95. The minimum Gasteiger partial charge on any atom is -0.248 e. The van der Waals surface area contributed by atoms with Crippen LogP contribution in [0.2, 0.25) is 0 Å². The zero-order chi connectivity index (χ0) is 15.3. The van der Waals surface area contributed by atoms with Crippen LogP contribution in [0.5, 0.6) is 0 Å². The van der Waals surface area contributed by atoms with Crippen molar-refractivity contribution in [3.05, 3.63) is 52.5 Å². The summed E-state index contributed by atoms with van der Waals surface area (Å²) in [6, 6.07) is 9.60. The Labute approximate surface area is 130 Å². The first-order chi connectivity index (χ1) is 10.0. The second-order valence-corrected chi connectivity index (χ2v) is 7.62. The van der Waals surface area contributed by atoms with Gasteiger partial charge in [0.1, 0.15) is 5.01 Å². The van der Waals surface area contributed by atoms with Crippen molar-refractivity contribution in [1.82, 2.24) is 13.6 Å². The fraction of sp³-hybridized carbons (Fsp3) is 0.357. The van der Waals surface area contributed by atoms with Gasteiger partial charge in [-0.15, -0.1) is 11.3 Å². The quantitative estimate of drug-likeness (QED) is 0.785.